The van der Waals surface area contributed by atoms with Crippen LogP contribution in [0.25, 0.3) is 0 Å². The van der Waals surface area contributed by atoms with Gasteiger partial charge < -0.3 is 5.32 Å². The zero-order valence-corrected chi connectivity index (χ0v) is 8.52. The third kappa shape index (κ3) is 1.98. The van der Waals surface area contributed by atoms with Crippen molar-refractivity contribution < 1.29 is 4.79 Å². The SMILES string of the molecule is O=C(CCl)NC[C@H]1C[C@@H]2CC[C@H]1C2. The summed E-state index contributed by atoms with van der Waals surface area (Å²) in [4.78, 5) is 10.9. The summed E-state index contributed by atoms with van der Waals surface area (Å²) in [6.07, 6.45) is 5.53. The van der Waals surface area contributed by atoms with Crippen LogP contribution in [-0.4, -0.2) is 18.3 Å². The molecule has 0 unspecified atom stereocenters. The van der Waals surface area contributed by atoms with E-state index in [2.05, 4.69) is 5.32 Å². The molecule has 13 heavy (non-hydrogen) atoms. The number of amides is 1. The molecule has 0 saturated heterocycles. The molecular formula is C10H16ClNO. The van der Waals surface area contributed by atoms with Crippen molar-refractivity contribution >= 4 is 17.5 Å². The van der Waals surface area contributed by atoms with Crippen LogP contribution in [0.4, 0.5) is 0 Å². The second-order valence-corrected chi connectivity index (χ2v) is 4.64. The van der Waals surface area contributed by atoms with Gasteiger partial charge in [-0.25, -0.2) is 0 Å². The topological polar surface area (TPSA) is 29.1 Å². The molecule has 0 aromatic heterocycles. The Labute approximate surface area is 84.0 Å². The van der Waals surface area contributed by atoms with Gasteiger partial charge in [-0.3, -0.25) is 4.79 Å². The largest absolute Gasteiger partial charge is 0.355 e. The van der Waals surface area contributed by atoms with E-state index < -0.39 is 0 Å². The van der Waals surface area contributed by atoms with E-state index >= 15 is 0 Å². The standard InChI is InChI=1S/C10H16ClNO/c11-5-10(13)12-6-9-4-7-1-2-8(9)3-7/h7-9H,1-6H2,(H,12,13)/t7-,8+,9-/m1/s1. The number of carbonyl (C=O) groups is 1. The van der Waals surface area contributed by atoms with E-state index in [1.54, 1.807) is 0 Å². The summed E-state index contributed by atoms with van der Waals surface area (Å²) in [6.45, 7) is 0.854. The third-order valence-electron chi connectivity index (χ3n) is 3.57. The monoisotopic (exact) mass is 201 g/mol. The smallest absolute Gasteiger partial charge is 0.234 e. The quantitative estimate of drug-likeness (QED) is 0.693. The van der Waals surface area contributed by atoms with Crippen LogP contribution in [0, 0.1) is 17.8 Å². The van der Waals surface area contributed by atoms with E-state index in [1.807, 2.05) is 0 Å². The van der Waals surface area contributed by atoms with E-state index in [1.165, 1.54) is 25.7 Å². The Hall–Kier alpha value is -0.240. The molecule has 2 aliphatic carbocycles. The lowest BCUT2D eigenvalue weighted by atomic mass is 9.89. The Morgan fingerprint density at radius 1 is 1.38 bits per heavy atom. The minimum atomic E-state index is -0.0237. The summed E-state index contributed by atoms with van der Waals surface area (Å²) < 4.78 is 0. The zero-order valence-electron chi connectivity index (χ0n) is 7.76. The van der Waals surface area contributed by atoms with Crippen LogP contribution in [-0.2, 0) is 4.79 Å². The van der Waals surface area contributed by atoms with E-state index in [-0.39, 0.29) is 11.8 Å². The first-order valence-corrected chi connectivity index (χ1v) is 5.65. The van der Waals surface area contributed by atoms with Crippen LogP contribution in [0.2, 0.25) is 0 Å². The van der Waals surface area contributed by atoms with Crippen molar-refractivity contribution in [2.75, 3.05) is 12.4 Å². The molecule has 1 amide bonds. The van der Waals surface area contributed by atoms with Gasteiger partial charge in [0.15, 0.2) is 0 Å². The molecule has 74 valence electrons. The van der Waals surface area contributed by atoms with Gasteiger partial charge in [0, 0.05) is 6.54 Å². The van der Waals surface area contributed by atoms with Gasteiger partial charge in [0.1, 0.15) is 5.88 Å². The highest BCUT2D eigenvalue weighted by molar-refractivity contribution is 6.27. The lowest BCUT2D eigenvalue weighted by Crippen LogP contribution is -2.32. The van der Waals surface area contributed by atoms with Crippen molar-refractivity contribution in [3.05, 3.63) is 0 Å². The highest BCUT2D eigenvalue weighted by atomic mass is 35.5. The first-order chi connectivity index (χ1) is 6.29. The van der Waals surface area contributed by atoms with Gasteiger partial charge in [-0.1, -0.05) is 6.42 Å². The molecule has 2 bridgehead atoms. The van der Waals surface area contributed by atoms with Crippen molar-refractivity contribution in [3.63, 3.8) is 0 Å². The summed E-state index contributed by atoms with van der Waals surface area (Å²) in [5, 5.41) is 2.89. The Bertz CT molecular complexity index is 207. The second kappa shape index (κ2) is 3.87. The molecule has 3 heteroatoms. The van der Waals surface area contributed by atoms with Gasteiger partial charge in [-0.15, -0.1) is 11.6 Å². The van der Waals surface area contributed by atoms with Crippen molar-refractivity contribution in [2.45, 2.75) is 25.7 Å². The maximum absolute atomic E-state index is 10.9. The first-order valence-electron chi connectivity index (χ1n) is 5.12. The molecule has 0 heterocycles. The Morgan fingerprint density at radius 2 is 2.23 bits per heavy atom. The number of halogens is 1. The molecular weight excluding hydrogens is 186 g/mol. The number of nitrogens with one attached hydrogen (secondary N) is 1. The molecule has 0 spiro atoms. The van der Waals surface area contributed by atoms with Crippen LogP contribution in [0.3, 0.4) is 0 Å². The maximum atomic E-state index is 10.9. The molecule has 0 aromatic rings. The van der Waals surface area contributed by atoms with Gasteiger partial charge in [-0.05, 0) is 37.0 Å². The molecule has 2 rings (SSSR count). The summed E-state index contributed by atoms with van der Waals surface area (Å²) >= 11 is 5.40. The highest BCUT2D eigenvalue weighted by Gasteiger charge is 2.39. The summed E-state index contributed by atoms with van der Waals surface area (Å²) in [7, 11) is 0. The fourth-order valence-electron chi connectivity index (χ4n) is 2.92. The summed E-state index contributed by atoms with van der Waals surface area (Å²) in [6, 6.07) is 0. The van der Waals surface area contributed by atoms with E-state index in [0.717, 1.165) is 24.3 Å². The van der Waals surface area contributed by atoms with E-state index in [0.29, 0.717) is 0 Å². The molecule has 0 radical (unpaired) electrons. The van der Waals surface area contributed by atoms with Crippen molar-refractivity contribution in [1.82, 2.24) is 5.32 Å². The first kappa shape index (κ1) is 9.32. The molecule has 2 fully saturated rings. The zero-order chi connectivity index (χ0) is 9.26. The summed E-state index contributed by atoms with van der Waals surface area (Å²) in [5.74, 6) is 2.67. The molecule has 0 aliphatic heterocycles. The average Bonchev–Trinajstić information content (AvgIpc) is 2.74. The molecule has 0 aromatic carbocycles. The predicted molar refractivity (Wildman–Crippen MR) is 52.7 cm³/mol. The number of rotatable bonds is 3. The molecule has 2 aliphatic rings. The second-order valence-electron chi connectivity index (χ2n) is 4.37. The fraction of sp³-hybridized carbons (Fsp3) is 0.900. The number of hydrogen-bond acceptors (Lipinski definition) is 1. The maximum Gasteiger partial charge on any atom is 0.234 e. The molecule has 1 N–H and O–H groups in total. The Balaban J connectivity index is 1.74. The van der Waals surface area contributed by atoms with Gasteiger partial charge in [0.05, 0.1) is 0 Å². The van der Waals surface area contributed by atoms with Gasteiger partial charge in [-0.2, -0.15) is 0 Å². The predicted octanol–water partition coefficient (Wildman–Crippen LogP) is 1.78. The Morgan fingerprint density at radius 3 is 2.77 bits per heavy atom. The van der Waals surface area contributed by atoms with Crippen LogP contribution < -0.4 is 5.32 Å². The van der Waals surface area contributed by atoms with Crippen molar-refractivity contribution in [3.8, 4) is 0 Å². The van der Waals surface area contributed by atoms with Crippen LogP contribution >= 0.6 is 11.6 Å². The highest BCUT2D eigenvalue weighted by Crippen LogP contribution is 2.47. The van der Waals surface area contributed by atoms with Crippen LogP contribution in [0.5, 0.6) is 0 Å². The van der Waals surface area contributed by atoms with Gasteiger partial charge in [0.2, 0.25) is 5.91 Å². The van der Waals surface area contributed by atoms with Crippen LogP contribution in [0.1, 0.15) is 25.7 Å². The normalized spacial score (nSPS) is 36.5. The van der Waals surface area contributed by atoms with Gasteiger partial charge in [0.25, 0.3) is 0 Å². The number of carbonyl (C=O) groups excluding carboxylic acids is 1. The number of alkyl halides is 1. The van der Waals surface area contributed by atoms with Crippen LogP contribution in [0.15, 0.2) is 0 Å². The minimum absolute atomic E-state index is 0.0237. The molecule has 2 nitrogen and oxygen atoms in total. The van der Waals surface area contributed by atoms with E-state index in [4.69, 9.17) is 11.6 Å². The average molecular weight is 202 g/mol. The Kier molecular flexibility index (Phi) is 2.77. The molecule has 3 atom stereocenters. The third-order valence-corrected chi connectivity index (χ3v) is 3.81. The number of hydrogen-bond donors (Lipinski definition) is 1. The molecule has 2 saturated carbocycles. The lowest BCUT2D eigenvalue weighted by molar-refractivity contribution is -0.118. The number of fused-ring (bicyclic) bond motifs is 2. The van der Waals surface area contributed by atoms with Crippen molar-refractivity contribution in [1.29, 1.82) is 0 Å². The van der Waals surface area contributed by atoms with E-state index in [9.17, 15) is 4.79 Å². The minimum Gasteiger partial charge on any atom is -0.355 e. The van der Waals surface area contributed by atoms with Gasteiger partial charge >= 0.3 is 0 Å². The summed E-state index contributed by atoms with van der Waals surface area (Å²) in [5.41, 5.74) is 0. The van der Waals surface area contributed by atoms with Crippen molar-refractivity contribution in [2.24, 2.45) is 17.8 Å². The fourth-order valence-corrected chi connectivity index (χ4v) is 3.01. The lowest BCUT2D eigenvalue weighted by Gasteiger charge is -2.21.